The number of ether oxygens (including phenoxy) is 1. The van der Waals surface area contributed by atoms with Gasteiger partial charge in [-0.2, -0.15) is 4.31 Å². The van der Waals surface area contributed by atoms with Crippen LogP contribution in [-0.4, -0.2) is 50.8 Å². The number of nitrogens with zero attached hydrogens (tertiary/aromatic N) is 1. The summed E-state index contributed by atoms with van der Waals surface area (Å²) in [7, 11) is -4.12. The number of halogens is 1. The Labute approximate surface area is 189 Å². The molecule has 1 fully saturated rings. The van der Waals surface area contributed by atoms with Crippen molar-refractivity contribution in [2.24, 2.45) is 5.92 Å². The predicted octanol–water partition coefficient (Wildman–Crippen LogP) is 2.11. The quantitative estimate of drug-likeness (QED) is 0.651. The lowest BCUT2D eigenvalue weighted by Crippen LogP contribution is -2.42. The zero-order valence-corrected chi connectivity index (χ0v) is 19.2. The minimum absolute atomic E-state index is 0.0853. The first-order valence-corrected chi connectivity index (χ1v) is 12.6. The van der Waals surface area contributed by atoms with Crippen LogP contribution in [0.3, 0.4) is 0 Å². The van der Waals surface area contributed by atoms with Crippen LogP contribution >= 0.6 is 11.3 Å². The van der Waals surface area contributed by atoms with Gasteiger partial charge in [-0.05, 0) is 55.0 Å². The molecule has 8 nitrogen and oxygen atoms in total. The van der Waals surface area contributed by atoms with Crippen LogP contribution in [0, 0.1) is 11.7 Å². The van der Waals surface area contributed by atoms with E-state index in [1.54, 1.807) is 0 Å². The van der Waals surface area contributed by atoms with E-state index in [1.165, 1.54) is 27.8 Å². The maximum absolute atomic E-state index is 14.3. The molecule has 1 aromatic heterocycles. The second-order valence-electron chi connectivity index (χ2n) is 7.98. The lowest BCUT2D eigenvalue weighted by Gasteiger charge is -2.26. The third-order valence-corrected chi connectivity index (χ3v) is 8.77. The van der Waals surface area contributed by atoms with E-state index in [-0.39, 0.29) is 31.9 Å². The minimum Gasteiger partial charge on any atom is -0.379 e. The van der Waals surface area contributed by atoms with Gasteiger partial charge < -0.3 is 4.74 Å². The number of hydrogen-bond donors (Lipinski definition) is 2. The number of amides is 2. The molecule has 32 heavy (non-hydrogen) atoms. The molecule has 2 N–H and O–H groups in total. The number of carbonyl (C=O) groups is 2. The number of sulfonamides is 1. The van der Waals surface area contributed by atoms with Crippen LogP contribution in [0.25, 0.3) is 0 Å². The normalized spacial score (nSPS) is 19.2. The third-order valence-electron chi connectivity index (χ3n) is 5.62. The van der Waals surface area contributed by atoms with Crippen LogP contribution in [0.5, 0.6) is 0 Å². The number of hydrogen-bond acceptors (Lipinski definition) is 6. The Morgan fingerprint density at radius 3 is 2.62 bits per heavy atom. The van der Waals surface area contributed by atoms with E-state index in [0.717, 1.165) is 35.7 Å². The van der Waals surface area contributed by atoms with Gasteiger partial charge in [0.15, 0.2) is 0 Å². The number of carbonyl (C=O) groups excluding carboxylic acids is 2. The number of fused-ring (bicyclic) bond motifs is 1. The SMILES string of the molecule is C[C@@H]1CCc2sc(C(=O)NNC(=O)c3ccc(F)c(S(=O)(=O)N4CCOCC4)c3)cc2C1. The molecule has 4 rings (SSSR count). The van der Waals surface area contributed by atoms with Crippen LogP contribution in [0.4, 0.5) is 4.39 Å². The molecule has 0 radical (unpaired) electrons. The molecule has 1 aliphatic carbocycles. The van der Waals surface area contributed by atoms with Gasteiger partial charge >= 0.3 is 0 Å². The number of morpholine rings is 1. The summed E-state index contributed by atoms with van der Waals surface area (Å²) >= 11 is 1.41. The van der Waals surface area contributed by atoms with Gasteiger partial charge in [-0.25, -0.2) is 12.8 Å². The van der Waals surface area contributed by atoms with Gasteiger partial charge in [-0.3, -0.25) is 20.4 Å². The number of thiophene rings is 1. The molecule has 1 saturated heterocycles. The van der Waals surface area contributed by atoms with Crippen molar-refractivity contribution in [2.75, 3.05) is 26.3 Å². The molecule has 0 spiro atoms. The molecule has 1 atom stereocenters. The van der Waals surface area contributed by atoms with Crippen molar-refractivity contribution in [2.45, 2.75) is 31.1 Å². The number of hydrazine groups is 1. The Bertz CT molecular complexity index is 1140. The summed E-state index contributed by atoms with van der Waals surface area (Å²) in [4.78, 5) is 26.1. The molecule has 1 aliphatic heterocycles. The van der Waals surface area contributed by atoms with Gasteiger partial charge in [0.1, 0.15) is 10.7 Å². The zero-order valence-electron chi connectivity index (χ0n) is 17.5. The van der Waals surface area contributed by atoms with Gasteiger partial charge in [-0.1, -0.05) is 6.92 Å². The van der Waals surface area contributed by atoms with E-state index < -0.39 is 32.6 Å². The Morgan fingerprint density at radius 2 is 1.88 bits per heavy atom. The summed E-state index contributed by atoms with van der Waals surface area (Å²) in [5.41, 5.74) is 5.72. The fourth-order valence-electron chi connectivity index (χ4n) is 3.83. The predicted molar refractivity (Wildman–Crippen MR) is 116 cm³/mol. The average molecular weight is 482 g/mol. The van der Waals surface area contributed by atoms with Crippen LogP contribution in [-0.2, 0) is 27.6 Å². The van der Waals surface area contributed by atoms with Crippen LogP contribution in [0.15, 0.2) is 29.2 Å². The van der Waals surface area contributed by atoms with E-state index in [9.17, 15) is 22.4 Å². The summed E-state index contributed by atoms with van der Waals surface area (Å²) in [6.45, 7) is 2.84. The van der Waals surface area contributed by atoms with Crippen molar-refractivity contribution in [1.29, 1.82) is 0 Å². The van der Waals surface area contributed by atoms with Crippen LogP contribution in [0.2, 0.25) is 0 Å². The minimum atomic E-state index is -4.12. The molecule has 0 unspecified atom stereocenters. The Morgan fingerprint density at radius 1 is 1.16 bits per heavy atom. The smallest absolute Gasteiger partial charge is 0.279 e. The summed E-state index contributed by atoms with van der Waals surface area (Å²) in [6, 6.07) is 4.92. The molecule has 172 valence electrons. The van der Waals surface area contributed by atoms with E-state index in [2.05, 4.69) is 17.8 Å². The number of rotatable bonds is 4. The fraction of sp³-hybridized carbons (Fsp3) is 0.429. The van der Waals surface area contributed by atoms with Gasteiger partial charge in [0.2, 0.25) is 10.0 Å². The van der Waals surface area contributed by atoms with E-state index in [4.69, 9.17) is 4.74 Å². The maximum Gasteiger partial charge on any atom is 0.279 e. The lowest BCUT2D eigenvalue weighted by molar-refractivity contribution is 0.0729. The van der Waals surface area contributed by atoms with E-state index in [1.807, 2.05) is 6.07 Å². The molecule has 2 aliphatic rings. The highest BCUT2D eigenvalue weighted by Crippen LogP contribution is 2.32. The van der Waals surface area contributed by atoms with E-state index in [0.29, 0.717) is 10.8 Å². The van der Waals surface area contributed by atoms with Crippen molar-refractivity contribution in [3.63, 3.8) is 0 Å². The Balaban J connectivity index is 1.45. The Kier molecular flexibility index (Phi) is 6.61. The fourth-order valence-corrected chi connectivity index (χ4v) is 6.44. The monoisotopic (exact) mass is 481 g/mol. The topological polar surface area (TPSA) is 105 Å². The lowest BCUT2D eigenvalue weighted by atomic mass is 9.90. The second kappa shape index (κ2) is 9.26. The molecule has 2 aromatic rings. The van der Waals surface area contributed by atoms with Crippen molar-refractivity contribution < 1.29 is 27.1 Å². The van der Waals surface area contributed by atoms with Gasteiger partial charge in [0, 0.05) is 23.5 Å². The van der Waals surface area contributed by atoms with Gasteiger partial charge in [0.25, 0.3) is 11.8 Å². The summed E-state index contributed by atoms with van der Waals surface area (Å²) in [5, 5.41) is 0. The molecule has 1 aromatic carbocycles. The molecular weight excluding hydrogens is 457 g/mol. The molecule has 0 bridgehead atoms. The first-order chi connectivity index (χ1) is 15.3. The first kappa shape index (κ1) is 22.8. The standard InChI is InChI=1S/C21H24FN3O5S2/c1-13-2-5-17-15(10-13)11-18(31-17)21(27)24-23-20(26)14-3-4-16(22)19(12-14)32(28,29)25-6-8-30-9-7-25/h3-4,11-13H,2,5-10H2,1H3,(H,23,26)(H,24,27)/t13-/m1/s1. The van der Waals surface area contributed by atoms with Crippen molar-refractivity contribution in [1.82, 2.24) is 15.2 Å². The van der Waals surface area contributed by atoms with Gasteiger partial charge in [-0.15, -0.1) is 11.3 Å². The molecular formula is C21H24FN3O5S2. The van der Waals surface area contributed by atoms with Crippen molar-refractivity contribution >= 4 is 33.2 Å². The average Bonchev–Trinajstić information content (AvgIpc) is 3.21. The maximum atomic E-state index is 14.3. The van der Waals surface area contributed by atoms with Crippen molar-refractivity contribution in [3.05, 3.63) is 51.0 Å². The highest BCUT2D eigenvalue weighted by Gasteiger charge is 2.30. The number of aryl methyl sites for hydroxylation is 1. The second-order valence-corrected chi connectivity index (χ2v) is 11.0. The number of nitrogens with one attached hydrogen (secondary N) is 2. The molecule has 11 heteroatoms. The van der Waals surface area contributed by atoms with Crippen molar-refractivity contribution in [3.8, 4) is 0 Å². The highest BCUT2D eigenvalue weighted by atomic mass is 32.2. The van der Waals surface area contributed by atoms with Crippen LogP contribution < -0.4 is 10.9 Å². The first-order valence-electron chi connectivity index (χ1n) is 10.4. The molecule has 2 amide bonds. The summed E-state index contributed by atoms with van der Waals surface area (Å²) in [5.74, 6) is -1.56. The number of benzene rings is 1. The summed E-state index contributed by atoms with van der Waals surface area (Å²) in [6.07, 6.45) is 2.96. The highest BCUT2D eigenvalue weighted by molar-refractivity contribution is 7.89. The molecule has 0 saturated carbocycles. The zero-order chi connectivity index (χ0) is 22.9. The van der Waals surface area contributed by atoms with Crippen LogP contribution in [0.1, 0.15) is 43.8 Å². The largest absolute Gasteiger partial charge is 0.379 e. The van der Waals surface area contributed by atoms with E-state index >= 15 is 0 Å². The molecule has 2 heterocycles. The Hall–Kier alpha value is -2.34. The van der Waals surface area contributed by atoms with Gasteiger partial charge in [0.05, 0.1) is 18.1 Å². The third kappa shape index (κ3) is 4.70. The summed E-state index contributed by atoms with van der Waals surface area (Å²) < 4.78 is 46.2.